The molecule has 0 spiro atoms. The highest BCUT2D eigenvalue weighted by Crippen LogP contribution is 2.20. The van der Waals surface area contributed by atoms with Gasteiger partial charge in [0.25, 0.3) is 5.91 Å². The van der Waals surface area contributed by atoms with E-state index >= 15 is 0 Å². The highest BCUT2D eigenvalue weighted by molar-refractivity contribution is 7.12. The Morgan fingerprint density at radius 3 is 2.71 bits per heavy atom. The number of amides is 1. The van der Waals surface area contributed by atoms with E-state index in [0.717, 1.165) is 30.8 Å². The number of likely N-dealkylation sites (tertiary alicyclic amines) is 1. The van der Waals surface area contributed by atoms with E-state index in [9.17, 15) is 4.79 Å². The molecule has 0 atom stereocenters. The number of hydrogen-bond donors (Lipinski definition) is 0. The van der Waals surface area contributed by atoms with E-state index in [-0.39, 0.29) is 11.5 Å². The molecule has 17 heavy (non-hydrogen) atoms. The van der Waals surface area contributed by atoms with E-state index in [0.29, 0.717) is 0 Å². The number of aryl methyl sites for hydroxylation is 1. The van der Waals surface area contributed by atoms with E-state index in [4.69, 9.17) is 5.26 Å². The average Bonchev–Trinajstić information content (AvgIpc) is 2.96. The largest absolute Gasteiger partial charge is 0.338 e. The Bertz CT molecular complexity index is 490. The predicted molar refractivity (Wildman–Crippen MR) is 68.5 cm³/mol. The summed E-state index contributed by atoms with van der Waals surface area (Å²) >= 11 is 1.59. The number of hydrogen-bond acceptors (Lipinski definition) is 3. The molecule has 0 aromatic carbocycles. The van der Waals surface area contributed by atoms with Crippen molar-refractivity contribution in [2.75, 3.05) is 13.1 Å². The van der Waals surface area contributed by atoms with E-state index in [1.54, 1.807) is 22.3 Å². The first kappa shape index (κ1) is 11.9. The lowest BCUT2D eigenvalue weighted by atomic mass is 10.2. The Balaban J connectivity index is 2.18. The third-order valence-electron chi connectivity index (χ3n) is 2.79. The molecule has 3 nitrogen and oxygen atoms in total. The smallest absolute Gasteiger partial charge is 0.264 e. The average molecular weight is 246 g/mol. The van der Waals surface area contributed by atoms with Crippen molar-refractivity contribution in [3.8, 4) is 6.07 Å². The molecule has 4 heteroatoms. The van der Waals surface area contributed by atoms with Gasteiger partial charge in [0.05, 0.1) is 0 Å². The minimum absolute atomic E-state index is 0.129. The Morgan fingerprint density at radius 2 is 2.18 bits per heavy atom. The molecule has 1 aliphatic rings. The van der Waals surface area contributed by atoms with Crippen molar-refractivity contribution in [1.29, 1.82) is 5.26 Å². The molecule has 2 rings (SSSR count). The van der Waals surface area contributed by atoms with Crippen LogP contribution in [0.5, 0.6) is 0 Å². The van der Waals surface area contributed by atoms with Gasteiger partial charge in [0.2, 0.25) is 0 Å². The van der Waals surface area contributed by atoms with Crippen LogP contribution in [0.15, 0.2) is 17.7 Å². The highest BCUT2D eigenvalue weighted by Gasteiger charge is 2.21. The number of rotatable bonds is 2. The van der Waals surface area contributed by atoms with Crippen molar-refractivity contribution in [2.45, 2.75) is 19.8 Å². The van der Waals surface area contributed by atoms with Gasteiger partial charge in [0, 0.05) is 22.8 Å². The minimum atomic E-state index is -0.129. The molecular formula is C13H14N2OS. The Hall–Kier alpha value is -1.60. The van der Waals surface area contributed by atoms with Crippen LogP contribution in [0.3, 0.4) is 0 Å². The summed E-state index contributed by atoms with van der Waals surface area (Å²) in [6, 6.07) is 5.94. The lowest BCUT2D eigenvalue weighted by Gasteiger charge is -2.13. The van der Waals surface area contributed by atoms with Crippen molar-refractivity contribution in [2.24, 2.45) is 0 Å². The Morgan fingerprint density at radius 1 is 1.47 bits per heavy atom. The van der Waals surface area contributed by atoms with Crippen LogP contribution in [0.2, 0.25) is 0 Å². The summed E-state index contributed by atoms with van der Waals surface area (Å²) in [6.07, 6.45) is 3.78. The summed E-state index contributed by atoms with van der Waals surface area (Å²) in [4.78, 5) is 15.9. The van der Waals surface area contributed by atoms with Gasteiger partial charge in [-0.15, -0.1) is 11.3 Å². The number of carbonyl (C=O) groups is 1. The number of carbonyl (C=O) groups excluding carboxylic acids is 1. The summed E-state index contributed by atoms with van der Waals surface area (Å²) in [5.41, 5.74) is 0.244. The van der Waals surface area contributed by atoms with Gasteiger partial charge in [0.1, 0.15) is 11.6 Å². The molecule has 0 radical (unpaired) electrons. The van der Waals surface area contributed by atoms with Crippen LogP contribution in [0.25, 0.3) is 6.08 Å². The minimum Gasteiger partial charge on any atom is -0.338 e. The molecule has 0 N–H and O–H groups in total. The molecular weight excluding hydrogens is 232 g/mol. The first-order valence-electron chi connectivity index (χ1n) is 5.68. The molecule has 1 amide bonds. The van der Waals surface area contributed by atoms with Crippen molar-refractivity contribution in [1.82, 2.24) is 4.90 Å². The van der Waals surface area contributed by atoms with Crippen molar-refractivity contribution in [3.63, 3.8) is 0 Å². The van der Waals surface area contributed by atoms with Gasteiger partial charge in [0.15, 0.2) is 0 Å². The Kier molecular flexibility index (Phi) is 3.60. The van der Waals surface area contributed by atoms with E-state index in [1.807, 2.05) is 25.1 Å². The molecule has 2 heterocycles. The molecule has 1 saturated heterocycles. The molecule has 0 bridgehead atoms. The van der Waals surface area contributed by atoms with Crippen LogP contribution in [-0.2, 0) is 4.79 Å². The maximum absolute atomic E-state index is 12.0. The van der Waals surface area contributed by atoms with Crippen molar-refractivity contribution >= 4 is 23.3 Å². The fourth-order valence-electron chi connectivity index (χ4n) is 1.91. The second-order valence-corrected chi connectivity index (χ2v) is 5.44. The normalized spacial score (nSPS) is 16.0. The maximum atomic E-state index is 12.0. The molecule has 1 aromatic rings. The zero-order valence-electron chi connectivity index (χ0n) is 9.77. The van der Waals surface area contributed by atoms with Crippen molar-refractivity contribution in [3.05, 3.63) is 27.5 Å². The second-order valence-electron chi connectivity index (χ2n) is 4.12. The second kappa shape index (κ2) is 5.15. The first-order valence-corrected chi connectivity index (χ1v) is 6.50. The van der Waals surface area contributed by atoms with Crippen LogP contribution in [0.1, 0.15) is 22.6 Å². The molecule has 1 aliphatic heterocycles. The molecule has 0 unspecified atom stereocenters. The van der Waals surface area contributed by atoms with Crippen LogP contribution in [0, 0.1) is 18.3 Å². The van der Waals surface area contributed by atoms with E-state index in [2.05, 4.69) is 0 Å². The van der Waals surface area contributed by atoms with Gasteiger partial charge in [-0.1, -0.05) is 0 Å². The first-order chi connectivity index (χ1) is 8.20. The quantitative estimate of drug-likeness (QED) is 0.594. The van der Waals surface area contributed by atoms with E-state index < -0.39 is 0 Å². The monoisotopic (exact) mass is 246 g/mol. The summed E-state index contributed by atoms with van der Waals surface area (Å²) in [6.45, 7) is 3.57. The maximum Gasteiger partial charge on any atom is 0.264 e. The standard InChI is InChI=1S/C13H14N2OS/c1-10-4-5-12(17-10)8-11(9-14)13(16)15-6-2-3-7-15/h4-5,8H,2-3,6-7H2,1H3/b11-8-. The Labute approximate surface area is 105 Å². The lowest BCUT2D eigenvalue weighted by molar-refractivity contribution is -0.125. The number of nitrogens with zero attached hydrogens (tertiary/aromatic N) is 2. The fourth-order valence-corrected chi connectivity index (χ4v) is 2.73. The number of thiophene rings is 1. The molecule has 1 aromatic heterocycles. The predicted octanol–water partition coefficient (Wildman–Crippen LogP) is 2.59. The number of nitriles is 1. The fraction of sp³-hybridized carbons (Fsp3) is 0.385. The van der Waals surface area contributed by atoms with Crippen LogP contribution in [0.4, 0.5) is 0 Å². The highest BCUT2D eigenvalue weighted by atomic mass is 32.1. The molecule has 1 fully saturated rings. The van der Waals surface area contributed by atoms with Gasteiger partial charge < -0.3 is 4.90 Å². The van der Waals surface area contributed by atoms with Crippen molar-refractivity contribution < 1.29 is 4.79 Å². The molecule has 0 saturated carbocycles. The topological polar surface area (TPSA) is 44.1 Å². The van der Waals surface area contributed by atoms with Crippen LogP contribution >= 0.6 is 11.3 Å². The van der Waals surface area contributed by atoms with Gasteiger partial charge in [-0.3, -0.25) is 4.79 Å². The summed E-state index contributed by atoms with van der Waals surface area (Å²) in [5.74, 6) is -0.129. The summed E-state index contributed by atoms with van der Waals surface area (Å²) in [7, 11) is 0. The van der Waals surface area contributed by atoms with Gasteiger partial charge >= 0.3 is 0 Å². The third kappa shape index (κ3) is 2.75. The lowest BCUT2D eigenvalue weighted by Crippen LogP contribution is -2.28. The van der Waals surface area contributed by atoms with E-state index in [1.165, 1.54) is 4.88 Å². The third-order valence-corrected chi connectivity index (χ3v) is 3.74. The molecule has 0 aliphatic carbocycles. The van der Waals surface area contributed by atoms with Gasteiger partial charge in [-0.2, -0.15) is 5.26 Å². The summed E-state index contributed by atoms with van der Waals surface area (Å²) < 4.78 is 0. The van der Waals surface area contributed by atoms with Gasteiger partial charge in [-0.05, 0) is 38.0 Å². The van der Waals surface area contributed by atoms with Gasteiger partial charge in [-0.25, -0.2) is 0 Å². The SMILES string of the molecule is Cc1ccc(/C=C(/C#N)C(=O)N2CCCC2)s1. The summed E-state index contributed by atoms with van der Waals surface area (Å²) in [5, 5.41) is 9.06. The van der Waals surface area contributed by atoms with Crippen LogP contribution in [-0.4, -0.2) is 23.9 Å². The van der Waals surface area contributed by atoms with Crippen LogP contribution < -0.4 is 0 Å². The zero-order chi connectivity index (χ0) is 12.3. The zero-order valence-corrected chi connectivity index (χ0v) is 10.6. The molecule has 88 valence electrons.